The van der Waals surface area contributed by atoms with Gasteiger partial charge in [0.2, 0.25) is 15.9 Å². The van der Waals surface area contributed by atoms with Crippen LogP contribution < -0.4 is 5.32 Å². The first kappa shape index (κ1) is 19.5. The number of hydrogen-bond donors (Lipinski definition) is 1. The van der Waals surface area contributed by atoms with Crippen LogP contribution in [0.5, 0.6) is 0 Å². The van der Waals surface area contributed by atoms with Gasteiger partial charge in [0.15, 0.2) is 0 Å². The molecule has 3 heterocycles. The topological polar surface area (TPSA) is 84.3 Å². The molecule has 0 aliphatic carbocycles. The molecule has 7 nitrogen and oxygen atoms in total. The largest absolute Gasteiger partial charge is 0.311 e. The molecule has 0 radical (unpaired) electrons. The van der Waals surface area contributed by atoms with E-state index in [0.29, 0.717) is 38.3 Å². The van der Waals surface area contributed by atoms with E-state index >= 15 is 0 Å². The Morgan fingerprint density at radius 2 is 2.15 bits per heavy atom. The Balaban J connectivity index is 1.59. The van der Waals surface area contributed by atoms with Crippen LogP contribution in [-0.4, -0.2) is 47.3 Å². The normalized spacial score (nSPS) is 16.7. The molecule has 3 rings (SSSR count). The van der Waals surface area contributed by atoms with Gasteiger partial charge in [-0.2, -0.15) is 5.10 Å². The maximum absolute atomic E-state index is 12.6. The number of aromatic nitrogens is 2. The van der Waals surface area contributed by atoms with Crippen molar-refractivity contribution in [3.8, 4) is 0 Å². The monoisotopic (exact) mass is 460 g/mol. The third-order valence-electron chi connectivity index (χ3n) is 4.48. The van der Waals surface area contributed by atoms with E-state index in [1.165, 1.54) is 4.31 Å². The summed E-state index contributed by atoms with van der Waals surface area (Å²) in [7, 11) is -3.17. The van der Waals surface area contributed by atoms with Crippen LogP contribution in [0.25, 0.3) is 0 Å². The van der Waals surface area contributed by atoms with E-state index in [1.807, 2.05) is 11.4 Å². The Kier molecular flexibility index (Phi) is 6.16. The number of anilines is 1. The molecule has 1 amide bonds. The number of piperidine rings is 1. The standard InChI is InChI=1S/C16H21BrN4O3S2/c1-2-26(23,24)20-7-4-12(5-8-20)16(22)19-15-3-6-18-21(15)10-14-9-13(17)11-25-14/h3,6,9,11-12H,2,4-5,7-8,10H2,1H3,(H,19,22). The maximum atomic E-state index is 12.6. The van der Waals surface area contributed by atoms with Crippen molar-refractivity contribution >= 4 is 49.0 Å². The molecule has 1 saturated heterocycles. The van der Waals surface area contributed by atoms with E-state index in [-0.39, 0.29) is 17.6 Å². The lowest BCUT2D eigenvalue weighted by atomic mass is 9.97. The van der Waals surface area contributed by atoms with E-state index in [1.54, 1.807) is 35.2 Å². The van der Waals surface area contributed by atoms with Crippen LogP contribution in [0.3, 0.4) is 0 Å². The smallest absolute Gasteiger partial charge is 0.228 e. The fourth-order valence-corrected chi connectivity index (χ4v) is 5.52. The number of carbonyl (C=O) groups is 1. The first-order chi connectivity index (χ1) is 12.4. The highest BCUT2D eigenvalue weighted by atomic mass is 79.9. The van der Waals surface area contributed by atoms with Gasteiger partial charge < -0.3 is 5.32 Å². The van der Waals surface area contributed by atoms with E-state index in [2.05, 4.69) is 26.3 Å². The molecule has 0 atom stereocenters. The van der Waals surface area contributed by atoms with Crippen LogP contribution in [0.4, 0.5) is 5.82 Å². The number of nitrogens with zero attached hydrogens (tertiary/aromatic N) is 3. The van der Waals surface area contributed by atoms with Gasteiger partial charge in [-0.15, -0.1) is 11.3 Å². The van der Waals surface area contributed by atoms with Crippen molar-refractivity contribution in [2.75, 3.05) is 24.2 Å². The molecule has 1 aliphatic heterocycles. The summed E-state index contributed by atoms with van der Waals surface area (Å²) in [4.78, 5) is 13.7. The van der Waals surface area contributed by atoms with Crippen LogP contribution in [-0.2, 0) is 21.4 Å². The lowest BCUT2D eigenvalue weighted by Gasteiger charge is -2.30. The quantitative estimate of drug-likeness (QED) is 0.717. The Morgan fingerprint density at radius 1 is 1.42 bits per heavy atom. The average molecular weight is 461 g/mol. The molecule has 10 heteroatoms. The second kappa shape index (κ2) is 8.20. The van der Waals surface area contributed by atoms with Crippen molar-refractivity contribution in [3.05, 3.63) is 33.1 Å². The number of carbonyl (C=O) groups excluding carboxylic acids is 1. The Bertz CT molecular complexity index is 870. The zero-order chi connectivity index (χ0) is 18.7. The van der Waals surface area contributed by atoms with Gasteiger partial charge >= 0.3 is 0 Å². The van der Waals surface area contributed by atoms with Crippen molar-refractivity contribution in [1.82, 2.24) is 14.1 Å². The summed E-state index contributed by atoms with van der Waals surface area (Å²) < 4.78 is 28.1. The predicted molar refractivity (Wildman–Crippen MR) is 106 cm³/mol. The predicted octanol–water partition coefficient (Wildman–Crippen LogP) is 2.76. The number of hydrogen-bond acceptors (Lipinski definition) is 5. The number of rotatable bonds is 6. The minimum absolute atomic E-state index is 0.0762. The molecule has 0 aromatic carbocycles. The Hall–Kier alpha value is -1.23. The first-order valence-corrected chi connectivity index (χ1v) is 11.7. The highest BCUT2D eigenvalue weighted by Crippen LogP contribution is 2.24. The van der Waals surface area contributed by atoms with Crippen molar-refractivity contribution in [3.63, 3.8) is 0 Å². The molecular weight excluding hydrogens is 440 g/mol. The van der Waals surface area contributed by atoms with Gasteiger partial charge in [-0.05, 0) is 41.8 Å². The molecule has 2 aromatic heterocycles. The number of amides is 1. The van der Waals surface area contributed by atoms with Crippen LogP contribution >= 0.6 is 27.3 Å². The fraction of sp³-hybridized carbons (Fsp3) is 0.500. The highest BCUT2D eigenvalue weighted by Gasteiger charge is 2.30. The molecule has 0 spiro atoms. The maximum Gasteiger partial charge on any atom is 0.228 e. The lowest BCUT2D eigenvalue weighted by Crippen LogP contribution is -2.42. The molecule has 142 valence electrons. The SMILES string of the molecule is CCS(=O)(=O)N1CCC(C(=O)Nc2ccnn2Cc2cc(Br)cs2)CC1. The minimum Gasteiger partial charge on any atom is -0.311 e. The van der Waals surface area contributed by atoms with Crippen LogP contribution in [0.1, 0.15) is 24.6 Å². The van der Waals surface area contributed by atoms with Crippen molar-refractivity contribution < 1.29 is 13.2 Å². The number of nitrogens with one attached hydrogen (secondary N) is 1. The van der Waals surface area contributed by atoms with E-state index in [0.717, 1.165) is 9.35 Å². The van der Waals surface area contributed by atoms with Gasteiger partial charge in [-0.3, -0.25) is 4.79 Å². The summed E-state index contributed by atoms with van der Waals surface area (Å²) in [6.45, 7) is 3.03. The summed E-state index contributed by atoms with van der Waals surface area (Å²) >= 11 is 5.06. The Morgan fingerprint density at radius 3 is 2.77 bits per heavy atom. The van der Waals surface area contributed by atoms with Gasteiger partial charge in [-0.25, -0.2) is 17.4 Å². The van der Waals surface area contributed by atoms with E-state index in [4.69, 9.17) is 0 Å². The number of halogens is 1. The third kappa shape index (κ3) is 4.54. The number of sulfonamides is 1. The molecule has 1 fully saturated rings. The Labute approximate surface area is 165 Å². The van der Waals surface area contributed by atoms with Crippen LogP contribution in [0.2, 0.25) is 0 Å². The second-order valence-electron chi connectivity index (χ2n) is 6.17. The van der Waals surface area contributed by atoms with Crippen LogP contribution in [0, 0.1) is 5.92 Å². The molecule has 26 heavy (non-hydrogen) atoms. The summed E-state index contributed by atoms with van der Waals surface area (Å²) in [6, 6.07) is 3.80. The van der Waals surface area contributed by atoms with Gasteiger partial charge in [0.1, 0.15) is 5.82 Å². The molecule has 1 aliphatic rings. The van der Waals surface area contributed by atoms with Gasteiger partial charge in [-0.1, -0.05) is 0 Å². The summed E-state index contributed by atoms with van der Waals surface area (Å²) in [6.07, 6.45) is 2.74. The van der Waals surface area contributed by atoms with Gasteiger partial charge in [0, 0.05) is 39.8 Å². The molecule has 0 unspecified atom stereocenters. The fourth-order valence-electron chi connectivity index (χ4n) is 2.96. The molecule has 0 saturated carbocycles. The van der Waals surface area contributed by atoms with Crippen molar-refractivity contribution in [2.45, 2.75) is 26.3 Å². The summed E-state index contributed by atoms with van der Waals surface area (Å²) in [5.41, 5.74) is 0. The molecule has 0 bridgehead atoms. The zero-order valence-electron chi connectivity index (χ0n) is 14.4. The molecule has 1 N–H and O–H groups in total. The molecular formula is C16H21BrN4O3S2. The highest BCUT2D eigenvalue weighted by molar-refractivity contribution is 9.10. The zero-order valence-corrected chi connectivity index (χ0v) is 17.6. The van der Waals surface area contributed by atoms with E-state index < -0.39 is 10.0 Å². The van der Waals surface area contributed by atoms with Crippen LogP contribution in [0.15, 0.2) is 28.2 Å². The second-order valence-corrected chi connectivity index (χ2v) is 10.3. The first-order valence-electron chi connectivity index (χ1n) is 8.42. The third-order valence-corrected chi connectivity index (χ3v) is 8.04. The summed E-state index contributed by atoms with van der Waals surface area (Å²) in [5, 5.41) is 9.23. The summed E-state index contributed by atoms with van der Waals surface area (Å²) in [5.74, 6) is 0.496. The molecule has 2 aromatic rings. The number of thiophene rings is 1. The van der Waals surface area contributed by atoms with Crippen molar-refractivity contribution in [2.24, 2.45) is 5.92 Å². The van der Waals surface area contributed by atoms with E-state index in [9.17, 15) is 13.2 Å². The van der Waals surface area contributed by atoms with Gasteiger partial charge in [0.05, 0.1) is 18.5 Å². The lowest BCUT2D eigenvalue weighted by molar-refractivity contribution is -0.121. The van der Waals surface area contributed by atoms with Gasteiger partial charge in [0.25, 0.3) is 0 Å². The van der Waals surface area contributed by atoms with Crippen molar-refractivity contribution in [1.29, 1.82) is 0 Å². The minimum atomic E-state index is -3.17. The average Bonchev–Trinajstić information content (AvgIpc) is 3.24.